The first-order valence-corrected chi connectivity index (χ1v) is 11.3. The number of amides is 1. The lowest BCUT2D eigenvalue weighted by Crippen LogP contribution is -2.40. The van der Waals surface area contributed by atoms with Crippen LogP contribution in [0.3, 0.4) is 0 Å². The van der Waals surface area contributed by atoms with Crippen LogP contribution >= 0.6 is 22.9 Å². The lowest BCUT2D eigenvalue weighted by molar-refractivity contribution is -0.120. The van der Waals surface area contributed by atoms with Gasteiger partial charge in [0.1, 0.15) is 11.5 Å². The number of aromatic nitrogens is 1. The third-order valence-corrected chi connectivity index (χ3v) is 6.11. The van der Waals surface area contributed by atoms with Crippen LogP contribution in [-0.4, -0.2) is 43.9 Å². The van der Waals surface area contributed by atoms with E-state index in [-0.39, 0.29) is 18.6 Å². The van der Waals surface area contributed by atoms with E-state index < -0.39 is 0 Å². The second-order valence-electron chi connectivity index (χ2n) is 7.13. The van der Waals surface area contributed by atoms with Crippen LogP contribution in [0.2, 0.25) is 5.02 Å². The summed E-state index contributed by atoms with van der Waals surface area (Å²) in [5, 5.41) is 3.20. The number of nitrogens with zero attached hydrogens (tertiary/aromatic N) is 2. The maximum absolute atomic E-state index is 13.1. The van der Waals surface area contributed by atoms with Gasteiger partial charge in [0.2, 0.25) is 0 Å². The Morgan fingerprint density at radius 2 is 1.94 bits per heavy atom. The van der Waals surface area contributed by atoms with Gasteiger partial charge in [-0.2, -0.15) is 0 Å². The molecule has 1 aliphatic heterocycles. The van der Waals surface area contributed by atoms with Crippen molar-refractivity contribution in [3.8, 4) is 22.8 Å². The summed E-state index contributed by atoms with van der Waals surface area (Å²) in [6.45, 7) is 1.09. The molecule has 1 aromatic heterocycles. The van der Waals surface area contributed by atoms with Crippen LogP contribution in [0.1, 0.15) is 12.8 Å². The minimum Gasteiger partial charge on any atom is -0.497 e. The molecule has 31 heavy (non-hydrogen) atoms. The Kier molecular flexibility index (Phi) is 7.06. The minimum absolute atomic E-state index is 0.00724. The van der Waals surface area contributed by atoms with E-state index in [0.717, 1.165) is 36.5 Å². The van der Waals surface area contributed by atoms with E-state index in [1.54, 1.807) is 36.3 Å². The Balaban J connectivity index is 1.50. The van der Waals surface area contributed by atoms with Gasteiger partial charge >= 0.3 is 0 Å². The second-order valence-corrected chi connectivity index (χ2v) is 8.40. The molecule has 1 aliphatic rings. The predicted octanol–water partition coefficient (Wildman–Crippen LogP) is 5.06. The lowest BCUT2D eigenvalue weighted by atomic mass is 10.2. The van der Waals surface area contributed by atoms with E-state index in [2.05, 4.69) is 0 Å². The molecule has 162 valence electrons. The maximum atomic E-state index is 13.1. The molecule has 0 aliphatic carbocycles. The molecule has 0 spiro atoms. The fourth-order valence-electron chi connectivity index (χ4n) is 3.31. The molecule has 1 saturated heterocycles. The number of methoxy groups -OCH3 is 1. The number of carbonyl (C=O) groups excluding carboxylic acids is 1. The number of rotatable bonds is 8. The molecule has 0 saturated carbocycles. The van der Waals surface area contributed by atoms with Gasteiger partial charge in [0.15, 0.2) is 11.7 Å². The standard InChI is InChI=1S/C23H23ClN2O4S/c1-28-18-8-4-16(5-9-18)21-15-31-23(25-21)26(13-20-3-2-12-29-20)22(27)14-30-19-10-6-17(24)7-11-19/h4-11,15,20H,2-3,12-14H2,1H3. The van der Waals surface area contributed by atoms with Gasteiger partial charge in [0.05, 0.1) is 25.5 Å². The SMILES string of the molecule is COc1ccc(-c2csc(N(CC3CCCO3)C(=O)COc3ccc(Cl)cc3)n2)cc1. The number of thiazole rings is 1. The number of halogens is 1. The van der Waals surface area contributed by atoms with Gasteiger partial charge < -0.3 is 14.2 Å². The highest BCUT2D eigenvalue weighted by Crippen LogP contribution is 2.30. The van der Waals surface area contributed by atoms with Crippen molar-refractivity contribution in [1.29, 1.82) is 0 Å². The van der Waals surface area contributed by atoms with Crippen LogP contribution in [0.25, 0.3) is 11.3 Å². The average molecular weight is 459 g/mol. The van der Waals surface area contributed by atoms with Crippen molar-refractivity contribution >= 4 is 34.0 Å². The van der Waals surface area contributed by atoms with Gasteiger partial charge in [-0.15, -0.1) is 11.3 Å². The summed E-state index contributed by atoms with van der Waals surface area (Å²) in [4.78, 5) is 19.5. The Morgan fingerprint density at radius 3 is 2.61 bits per heavy atom. The van der Waals surface area contributed by atoms with Crippen LogP contribution in [0.5, 0.6) is 11.5 Å². The summed E-state index contributed by atoms with van der Waals surface area (Å²) in [7, 11) is 1.64. The van der Waals surface area contributed by atoms with Gasteiger partial charge in [-0.1, -0.05) is 11.6 Å². The number of carbonyl (C=O) groups is 1. The summed E-state index contributed by atoms with van der Waals surface area (Å²) in [5.41, 5.74) is 1.77. The quantitative estimate of drug-likeness (QED) is 0.472. The topological polar surface area (TPSA) is 60.9 Å². The number of hydrogen-bond acceptors (Lipinski definition) is 6. The van der Waals surface area contributed by atoms with Gasteiger partial charge in [0.25, 0.3) is 5.91 Å². The van der Waals surface area contributed by atoms with E-state index in [0.29, 0.717) is 22.4 Å². The summed E-state index contributed by atoms with van der Waals surface area (Å²) in [6, 6.07) is 14.6. The van der Waals surface area contributed by atoms with Gasteiger partial charge in [-0.3, -0.25) is 9.69 Å². The molecule has 1 fully saturated rings. The van der Waals surface area contributed by atoms with Crippen molar-refractivity contribution in [2.45, 2.75) is 18.9 Å². The van der Waals surface area contributed by atoms with E-state index in [4.69, 9.17) is 30.8 Å². The Labute approximate surface area is 190 Å². The Morgan fingerprint density at radius 1 is 1.19 bits per heavy atom. The van der Waals surface area contributed by atoms with Crippen LogP contribution < -0.4 is 14.4 Å². The van der Waals surface area contributed by atoms with Crippen LogP contribution in [0, 0.1) is 0 Å². The van der Waals surface area contributed by atoms with Crippen molar-refractivity contribution in [3.05, 3.63) is 58.9 Å². The molecule has 2 heterocycles. The number of anilines is 1. The predicted molar refractivity (Wildman–Crippen MR) is 122 cm³/mol. The molecule has 1 amide bonds. The number of benzene rings is 2. The van der Waals surface area contributed by atoms with Crippen molar-refractivity contribution in [1.82, 2.24) is 4.98 Å². The van der Waals surface area contributed by atoms with Crippen LogP contribution in [0.15, 0.2) is 53.9 Å². The highest BCUT2D eigenvalue weighted by Gasteiger charge is 2.26. The third-order valence-electron chi connectivity index (χ3n) is 5.00. The summed E-state index contributed by atoms with van der Waals surface area (Å²) >= 11 is 7.34. The van der Waals surface area contributed by atoms with Crippen molar-refractivity contribution in [3.63, 3.8) is 0 Å². The average Bonchev–Trinajstić information content (AvgIpc) is 3.49. The maximum Gasteiger partial charge on any atom is 0.266 e. The van der Waals surface area contributed by atoms with Gasteiger partial charge in [-0.05, 0) is 61.4 Å². The molecule has 1 unspecified atom stereocenters. The molecular weight excluding hydrogens is 436 g/mol. The normalized spacial score (nSPS) is 15.6. The molecule has 0 radical (unpaired) electrons. The summed E-state index contributed by atoms with van der Waals surface area (Å²) in [6.07, 6.45) is 1.94. The fourth-order valence-corrected chi connectivity index (χ4v) is 4.30. The third kappa shape index (κ3) is 5.55. The summed E-state index contributed by atoms with van der Waals surface area (Å²) in [5.74, 6) is 1.21. The molecule has 8 heteroatoms. The van der Waals surface area contributed by atoms with Crippen LogP contribution in [0.4, 0.5) is 5.13 Å². The largest absolute Gasteiger partial charge is 0.497 e. The monoisotopic (exact) mass is 458 g/mol. The van der Waals surface area contributed by atoms with E-state index in [1.807, 2.05) is 29.6 Å². The van der Waals surface area contributed by atoms with E-state index in [1.165, 1.54) is 11.3 Å². The first kappa shape index (κ1) is 21.6. The smallest absolute Gasteiger partial charge is 0.266 e. The number of ether oxygens (including phenoxy) is 3. The molecule has 3 aromatic rings. The second kappa shape index (κ2) is 10.1. The minimum atomic E-state index is -0.166. The highest BCUT2D eigenvalue weighted by atomic mass is 35.5. The molecule has 2 aromatic carbocycles. The van der Waals surface area contributed by atoms with E-state index >= 15 is 0 Å². The number of hydrogen-bond donors (Lipinski definition) is 0. The van der Waals surface area contributed by atoms with Crippen molar-refractivity contribution in [2.75, 3.05) is 31.8 Å². The van der Waals surface area contributed by atoms with Crippen molar-refractivity contribution in [2.24, 2.45) is 0 Å². The molecule has 1 atom stereocenters. The zero-order chi connectivity index (χ0) is 21.6. The van der Waals surface area contributed by atoms with Gasteiger partial charge in [0, 0.05) is 22.6 Å². The lowest BCUT2D eigenvalue weighted by Gasteiger charge is -2.23. The Bertz CT molecular complexity index is 1000. The molecule has 0 N–H and O–H groups in total. The zero-order valence-electron chi connectivity index (χ0n) is 17.1. The van der Waals surface area contributed by atoms with Gasteiger partial charge in [-0.25, -0.2) is 4.98 Å². The molecule has 0 bridgehead atoms. The first-order valence-electron chi connectivity index (χ1n) is 10.0. The van der Waals surface area contributed by atoms with E-state index in [9.17, 15) is 4.79 Å². The van der Waals surface area contributed by atoms with Crippen molar-refractivity contribution < 1.29 is 19.0 Å². The zero-order valence-corrected chi connectivity index (χ0v) is 18.7. The molecule has 4 rings (SSSR count). The molecular formula is C23H23ClN2O4S. The fraction of sp³-hybridized carbons (Fsp3) is 0.304. The van der Waals surface area contributed by atoms with Crippen LogP contribution in [-0.2, 0) is 9.53 Å². The highest BCUT2D eigenvalue weighted by molar-refractivity contribution is 7.14. The molecule has 6 nitrogen and oxygen atoms in total. The first-order chi connectivity index (χ1) is 15.1. The summed E-state index contributed by atoms with van der Waals surface area (Å²) < 4.78 is 16.7. The Hall–Kier alpha value is -2.61.